The maximum Gasteiger partial charge on any atom is 0.214 e. The Hall–Kier alpha value is -1.53. The SMILES string of the molecule is Cc1cc(N2CC=CC2)ccc1NC[C@H]1CC[C@H](NS(=O)(=O)C(C)C)CC1. The maximum absolute atomic E-state index is 12.0. The van der Waals surface area contributed by atoms with Crippen molar-refractivity contribution in [2.45, 2.75) is 57.7 Å². The Bertz CT molecular complexity index is 758. The van der Waals surface area contributed by atoms with Crippen molar-refractivity contribution in [3.05, 3.63) is 35.9 Å². The number of sulfonamides is 1. The van der Waals surface area contributed by atoms with Gasteiger partial charge in [-0.1, -0.05) is 12.2 Å². The fourth-order valence-corrected chi connectivity index (χ4v) is 4.81. The van der Waals surface area contributed by atoms with Gasteiger partial charge in [0.05, 0.1) is 5.25 Å². The second kappa shape index (κ2) is 8.65. The van der Waals surface area contributed by atoms with E-state index >= 15 is 0 Å². The highest BCUT2D eigenvalue weighted by Gasteiger charge is 2.26. The number of hydrogen-bond donors (Lipinski definition) is 2. The molecule has 1 aliphatic carbocycles. The van der Waals surface area contributed by atoms with E-state index in [0.29, 0.717) is 5.92 Å². The predicted octanol–water partition coefficient (Wildman–Crippen LogP) is 3.67. The Labute approximate surface area is 164 Å². The van der Waals surface area contributed by atoms with Crippen molar-refractivity contribution in [3.8, 4) is 0 Å². The maximum atomic E-state index is 12.0. The van der Waals surface area contributed by atoms with Crippen LogP contribution >= 0.6 is 0 Å². The first-order valence-corrected chi connectivity index (χ1v) is 11.7. The van der Waals surface area contributed by atoms with Crippen LogP contribution in [0.4, 0.5) is 11.4 Å². The van der Waals surface area contributed by atoms with Crippen LogP contribution in [-0.4, -0.2) is 39.3 Å². The van der Waals surface area contributed by atoms with E-state index in [1.165, 1.54) is 16.9 Å². The topological polar surface area (TPSA) is 61.4 Å². The highest BCUT2D eigenvalue weighted by Crippen LogP contribution is 2.28. The first kappa shape index (κ1) is 20.2. The van der Waals surface area contributed by atoms with Crippen LogP contribution in [0, 0.1) is 12.8 Å². The minimum absolute atomic E-state index is 0.101. The van der Waals surface area contributed by atoms with Crippen molar-refractivity contribution < 1.29 is 8.42 Å². The summed E-state index contributed by atoms with van der Waals surface area (Å²) in [6.45, 7) is 8.56. The number of benzene rings is 1. The molecule has 2 aliphatic rings. The Balaban J connectivity index is 1.46. The Morgan fingerprint density at radius 1 is 1.11 bits per heavy atom. The zero-order chi connectivity index (χ0) is 19.4. The van der Waals surface area contributed by atoms with E-state index < -0.39 is 10.0 Å². The van der Waals surface area contributed by atoms with Gasteiger partial charge in [-0.2, -0.15) is 0 Å². The molecule has 0 unspecified atom stereocenters. The molecular weight excluding hydrogens is 358 g/mol. The molecule has 0 amide bonds. The molecule has 0 spiro atoms. The van der Waals surface area contributed by atoms with Crippen molar-refractivity contribution in [1.82, 2.24) is 4.72 Å². The average Bonchev–Trinajstić information content (AvgIpc) is 3.16. The number of nitrogens with one attached hydrogen (secondary N) is 2. The molecule has 0 aromatic heterocycles. The monoisotopic (exact) mass is 391 g/mol. The predicted molar refractivity (Wildman–Crippen MR) is 114 cm³/mol. The van der Waals surface area contributed by atoms with Gasteiger partial charge in [-0.3, -0.25) is 0 Å². The minimum Gasteiger partial charge on any atom is -0.385 e. The summed E-state index contributed by atoms with van der Waals surface area (Å²) in [5.41, 5.74) is 3.76. The fourth-order valence-electron chi connectivity index (χ4n) is 3.84. The molecule has 3 rings (SSSR count). The highest BCUT2D eigenvalue weighted by molar-refractivity contribution is 7.90. The van der Waals surface area contributed by atoms with Crippen molar-refractivity contribution in [3.63, 3.8) is 0 Å². The Kier molecular flexibility index (Phi) is 6.48. The zero-order valence-corrected chi connectivity index (χ0v) is 17.6. The molecule has 6 heteroatoms. The second-order valence-electron chi connectivity index (χ2n) is 8.19. The number of nitrogens with zero attached hydrogens (tertiary/aromatic N) is 1. The lowest BCUT2D eigenvalue weighted by Crippen LogP contribution is -2.41. The van der Waals surface area contributed by atoms with Gasteiger partial charge in [-0.15, -0.1) is 0 Å². The van der Waals surface area contributed by atoms with Gasteiger partial charge >= 0.3 is 0 Å². The molecule has 2 N–H and O–H groups in total. The molecule has 1 aliphatic heterocycles. The van der Waals surface area contributed by atoms with Gasteiger partial charge in [0.25, 0.3) is 0 Å². The summed E-state index contributed by atoms with van der Waals surface area (Å²) in [4.78, 5) is 2.36. The van der Waals surface area contributed by atoms with Gasteiger partial charge in [0.15, 0.2) is 0 Å². The third kappa shape index (κ3) is 5.26. The second-order valence-corrected chi connectivity index (χ2v) is 10.5. The van der Waals surface area contributed by atoms with Gasteiger partial charge in [0.2, 0.25) is 10.0 Å². The molecule has 0 saturated heterocycles. The van der Waals surface area contributed by atoms with Gasteiger partial charge in [-0.25, -0.2) is 13.1 Å². The lowest BCUT2D eigenvalue weighted by molar-refractivity contribution is 0.323. The minimum atomic E-state index is -3.16. The fraction of sp³-hybridized carbons (Fsp3) is 0.619. The van der Waals surface area contributed by atoms with Gasteiger partial charge in [-0.05, 0) is 76.1 Å². The average molecular weight is 392 g/mol. The third-order valence-electron chi connectivity index (χ3n) is 5.77. The Morgan fingerprint density at radius 2 is 1.78 bits per heavy atom. The summed E-state index contributed by atoms with van der Waals surface area (Å²) < 4.78 is 26.9. The normalized spacial score (nSPS) is 23.2. The number of hydrogen-bond acceptors (Lipinski definition) is 4. The largest absolute Gasteiger partial charge is 0.385 e. The molecule has 150 valence electrons. The lowest BCUT2D eigenvalue weighted by Gasteiger charge is -2.30. The summed E-state index contributed by atoms with van der Waals surface area (Å²) in [6.07, 6.45) is 8.40. The molecular formula is C21H33N3O2S. The van der Waals surface area contributed by atoms with Crippen LogP contribution in [0.3, 0.4) is 0 Å². The molecule has 5 nitrogen and oxygen atoms in total. The summed E-state index contributed by atoms with van der Waals surface area (Å²) in [5.74, 6) is 0.603. The third-order valence-corrected chi connectivity index (χ3v) is 7.68. The number of aryl methyl sites for hydroxylation is 1. The van der Waals surface area contributed by atoms with Gasteiger partial charge in [0.1, 0.15) is 0 Å². The first-order valence-electron chi connectivity index (χ1n) is 10.1. The van der Waals surface area contributed by atoms with E-state index in [1.807, 2.05) is 0 Å². The molecule has 1 fully saturated rings. The van der Waals surface area contributed by atoms with Crippen LogP contribution < -0.4 is 14.9 Å². The van der Waals surface area contributed by atoms with E-state index in [2.05, 4.69) is 52.2 Å². The first-order chi connectivity index (χ1) is 12.8. The summed E-state index contributed by atoms with van der Waals surface area (Å²) in [7, 11) is -3.16. The van der Waals surface area contributed by atoms with E-state index in [0.717, 1.165) is 45.3 Å². The van der Waals surface area contributed by atoms with Crippen LogP contribution in [0.5, 0.6) is 0 Å². The molecule has 1 aromatic rings. The molecule has 1 aromatic carbocycles. The molecule has 1 heterocycles. The van der Waals surface area contributed by atoms with Gasteiger partial charge in [0, 0.05) is 37.1 Å². The molecule has 0 atom stereocenters. The van der Waals surface area contributed by atoms with E-state index in [9.17, 15) is 8.42 Å². The molecule has 1 saturated carbocycles. The van der Waals surface area contributed by atoms with Crippen molar-refractivity contribution in [2.75, 3.05) is 29.9 Å². The quantitative estimate of drug-likeness (QED) is 0.696. The zero-order valence-electron chi connectivity index (χ0n) is 16.7. The van der Waals surface area contributed by atoms with E-state index in [4.69, 9.17) is 0 Å². The molecule has 0 bridgehead atoms. The summed E-state index contributed by atoms with van der Waals surface area (Å²) >= 11 is 0. The van der Waals surface area contributed by atoms with Crippen molar-refractivity contribution in [2.24, 2.45) is 5.92 Å². The lowest BCUT2D eigenvalue weighted by atomic mass is 9.86. The van der Waals surface area contributed by atoms with Gasteiger partial charge < -0.3 is 10.2 Å². The number of anilines is 2. The standard InChI is InChI=1S/C21H33N3O2S/c1-16(2)27(25,26)23-19-8-6-18(7-9-19)15-22-21-11-10-20(14-17(21)3)24-12-4-5-13-24/h4-5,10-11,14,16,18-19,22-23H,6-9,12-13,15H2,1-3H3/t18-,19-. The van der Waals surface area contributed by atoms with Crippen molar-refractivity contribution >= 4 is 21.4 Å². The van der Waals surface area contributed by atoms with Crippen molar-refractivity contribution in [1.29, 1.82) is 0 Å². The number of rotatable bonds is 7. The van der Waals surface area contributed by atoms with E-state index in [-0.39, 0.29) is 11.3 Å². The van der Waals surface area contributed by atoms with Crippen LogP contribution in [0.15, 0.2) is 30.4 Å². The Morgan fingerprint density at radius 3 is 2.37 bits per heavy atom. The van der Waals surface area contributed by atoms with Crippen LogP contribution in [0.25, 0.3) is 0 Å². The van der Waals surface area contributed by atoms with E-state index in [1.54, 1.807) is 13.8 Å². The highest BCUT2D eigenvalue weighted by atomic mass is 32.2. The summed E-state index contributed by atoms with van der Waals surface area (Å²) in [5, 5.41) is 3.25. The summed E-state index contributed by atoms with van der Waals surface area (Å²) in [6, 6.07) is 6.74. The molecule has 27 heavy (non-hydrogen) atoms. The smallest absolute Gasteiger partial charge is 0.214 e. The van der Waals surface area contributed by atoms with Crippen LogP contribution in [0.1, 0.15) is 45.1 Å². The molecule has 0 radical (unpaired) electrons. The van der Waals surface area contributed by atoms with Crippen LogP contribution in [-0.2, 0) is 10.0 Å². The van der Waals surface area contributed by atoms with Crippen LogP contribution in [0.2, 0.25) is 0 Å².